The van der Waals surface area contributed by atoms with E-state index in [-0.39, 0.29) is 12.5 Å². The highest BCUT2D eigenvalue weighted by atomic mass is 32.1. The zero-order valence-electron chi connectivity index (χ0n) is 16.4. The van der Waals surface area contributed by atoms with E-state index >= 15 is 0 Å². The lowest BCUT2D eigenvalue weighted by Crippen LogP contribution is -2.37. The molecule has 0 atom stereocenters. The first-order chi connectivity index (χ1) is 13.8. The van der Waals surface area contributed by atoms with Crippen LogP contribution in [0, 0.1) is 0 Å². The summed E-state index contributed by atoms with van der Waals surface area (Å²) < 4.78 is 5.10. The van der Waals surface area contributed by atoms with Gasteiger partial charge in [-0.25, -0.2) is 9.78 Å². The van der Waals surface area contributed by atoms with Crippen LogP contribution in [0.2, 0.25) is 0 Å². The number of carbonyl (C=O) groups excluding carboxylic acids is 2. The number of hydrogen-bond acceptors (Lipinski definition) is 6. The van der Waals surface area contributed by atoms with Gasteiger partial charge in [-0.3, -0.25) is 9.78 Å². The number of alkyl carbamates (subject to hydrolysis) is 1. The number of anilines is 1. The van der Waals surface area contributed by atoms with Crippen molar-refractivity contribution in [2.75, 3.05) is 11.9 Å². The fourth-order valence-corrected chi connectivity index (χ4v) is 3.22. The van der Waals surface area contributed by atoms with E-state index in [0.717, 1.165) is 22.4 Å². The quantitative estimate of drug-likeness (QED) is 0.653. The first-order valence-corrected chi connectivity index (χ1v) is 9.91. The van der Waals surface area contributed by atoms with Crippen molar-refractivity contribution in [2.24, 2.45) is 0 Å². The van der Waals surface area contributed by atoms with Gasteiger partial charge in [0.15, 0.2) is 5.13 Å². The number of rotatable bonds is 5. The summed E-state index contributed by atoms with van der Waals surface area (Å²) in [6.45, 7) is 5.08. The van der Waals surface area contributed by atoms with E-state index in [4.69, 9.17) is 4.74 Å². The van der Waals surface area contributed by atoms with Crippen LogP contribution in [-0.4, -0.2) is 34.1 Å². The Bertz CT molecular complexity index is 996. The van der Waals surface area contributed by atoms with Gasteiger partial charge in [0.25, 0.3) is 0 Å². The summed E-state index contributed by atoms with van der Waals surface area (Å²) in [5.74, 6) is -0.374. The number of nitrogens with zero attached hydrogens (tertiary/aromatic N) is 2. The average Bonchev–Trinajstić information content (AvgIpc) is 3.14. The van der Waals surface area contributed by atoms with Gasteiger partial charge in [0.2, 0.25) is 5.91 Å². The van der Waals surface area contributed by atoms with Gasteiger partial charge in [-0.05, 0) is 38.5 Å². The van der Waals surface area contributed by atoms with E-state index in [1.807, 2.05) is 48.0 Å². The van der Waals surface area contributed by atoms with E-state index in [2.05, 4.69) is 20.6 Å². The molecule has 150 valence electrons. The molecule has 0 aliphatic carbocycles. The Morgan fingerprint density at radius 2 is 1.86 bits per heavy atom. The molecule has 2 amide bonds. The minimum atomic E-state index is -0.639. The van der Waals surface area contributed by atoms with Gasteiger partial charge in [-0.2, -0.15) is 0 Å². The van der Waals surface area contributed by atoms with Crippen molar-refractivity contribution in [3.8, 4) is 22.4 Å². The molecule has 2 N–H and O–H groups in total. The Hall–Kier alpha value is -3.26. The smallest absolute Gasteiger partial charge is 0.408 e. The molecule has 0 radical (unpaired) electrons. The second-order valence-corrected chi connectivity index (χ2v) is 8.12. The number of carbonyl (C=O) groups is 2. The highest BCUT2D eigenvalue weighted by Gasteiger charge is 2.17. The third-order valence-corrected chi connectivity index (χ3v) is 4.45. The number of benzene rings is 1. The van der Waals surface area contributed by atoms with Crippen LogP contribution in [0.25, 0.3) is 22.4 Å². The summed E-state index contributed by atoms with van der Waals surface area (Å²) in [5.41, 5.74) is 3.14. The number of amides is 2. The van der Waals surface area contributed by atoms with Crippen molar-refractivity contribution in [3.63, 3.8) is 0 Å². The number of nitrogens with one attached hydrogen (secondary N) is 2. The van der Waals surface area contributed by atoms with Crippen LogP contribution in [0.1, 0.15) is 20.8 Å². The van der Waals surface area contributed by atoms with Crippen molar-refractivity contribution >= 4 is 28.5 Å². The second kappa shape index (κ2) is 8.83. The predicted octanol–water partition coefficient (Wildman–Crippen LogP) is 4.34. The van der Waals surface area contributed by atoms with Crippen molar-refractivity contribution in [1.29, 1.82) is 0 Å². The van der Waals surface area contributed by atoms with Crippen LogP contribution in [0.4, 0.5) is 9.93 Å². The van der Waals surface area contributed by atoms with Crippen molar-refractivity contribution < 1.29 is 14.3 Å². The normalized spacial score (nSPS) is 11.0. The maximum atomic E-state index is 12.0. The largest absolute Gasteiger partial charge is 0.444 e. The third-order valence-electron chi connectivity index (χ3n) is 3.70. The predicted molar refractivity (Wildman–Crippen MR) is 114 cm³/mol. The highest BCUT2D eigenvalue weighted by Crippen LogP contribution is 2.28. The summed E-state index contributed by atoms with van der Waals surface area (Å²) >= 11 is 1.32. The van der Waals surface area contributed by atoms with Gasteiger partial charge in [-0.15, -0.1) is 11.3 Å². The van der Waals surface area contributed by atoms with E-state index in [1.54, 1.807) is 27.0 Å². The summed E-state index contributed by atoms with van der Waals surface area (Å²) in [6.07, 6.45) is 2.91. The lowest BCUT2D eigenvalue weighted by Gasteiger charge is -2.19. The SMILES string of the molecule is CC(C)(C)OC(=O)NCC(=O)Nc1nc(-c2cccc(-c3cccnc3)c2)cs1. The molecule has 0 aliphatic rings. The minimum absolute atomic E-state index is 0.194. The number of thiazole rings is 1. The third kappa shape index (κ3) is 6.11. The van der Waals surface area contributed by atoms with Crippen LogP contribution >= 0.6 is 11.3 Å². The van der Waals surface area contributed by atoms with E-state index in [1.165, 1.54) is 11.3 Å². The minimum Gasteiger partial charge on any atom is -0.444 e. The molecular formula is C21H22N4O3S. The summed E-state index contributed by atoms with van der Waals surface area (Å²) in [4.78, 5) is 32.3. The van der Waals surface area contributed by atoms with Gasteiger partial charge < -0.3 is 15.4 Å². The van der Waals surface area contributed by atoms with Crippen molar-refractivity contribution in [2.45, 2.75) is 26.4 Å². The fourth-order valence-electron chi connectivity index (χ4n) is 2.49. The molecule has 0 aliphatic heterocycles. The highest BCUT2D eigenvalue weighted by molar-refractivity contribution is 7.14. The van der Waals surface area contributed by atoms with Crippen molar-refractivity contribution in [3.05, 3.63) is 54.2 Å². The van der Waals surface area contributed by atoms with Crippen molar-refractivity contribution in [1.82, 2.24) is 15.3 Å². The molecule has 0 saturated carbocycles. The van der Waals surface area contributed by atoms with Crippen LogP contribution in [-0.2, 0) is 9.53 Å². The number of pyridine rings is 1. The van der Waals surface area contributed by atoms with Crippen LogP contribution < -0.4 is 10.6 Å². The number of aromatic nitrogens is 2. The zero-order valence-corrected chi connectivity index (χ0v) is 17.2. The Morgan fingerprint density at radius 1 is 1.10 bits per heavy atom. The molecule has 3 rings (SSSR count). The molecule has 0 bridgehead atoms. The summed E-state index contributed by atoms with van der Waals surface area (Å²) in [6, 6.07) is 11.9. The van der Waals surface area contributed by atoms with E-state index in [9.17, 15) is 9.59 Å². The standard InChI is InChI=1S/C21H22N4O3S/c1-21(2,3)28-20(27)23-12-18(26)25-19-24-17(13-29-19)15-7-4-6-14(10-15)16-8-5-9-22-11-16/h4-11,13H,12H2,1-3H3,(H,23,27)(H,24,25,26). The molecule has 29 heavy (non-hydrogen) atoms. The molecule has 0 unspecified atom stereocenters. The molecule has 0 saturated heterocycles. The van der Waals surface area contributed by atoms with Crippen LogP contribution in [0.15, 0.2) is 54.2 Å². The molecule has 7 nitrogen and oxygen atoms in total. The van der Waals surface area contributed by atoms with Crippen LogP contribution in [0.3, 0.4) is 0 Å². The topological polar surface area (TPSA) is 93.2 Å². The molecule has 3 aromatic rings. The molecule has 0 fully saturated rings. The number of hydrogen-bond donors (Lipinski definition) is 2. The van der Waals surface area contributed by atoms with Crippen LogP contribution in [0.5, 0.6) is 0 Å². The Kier molecular flexibility index (Phi) is 6.23. The Labute approximate surface area is 173 Å². The molecule has 2 aromatic heterocycles. The molecule has 2 heterocycles. The first kappa shape index (κ1) is 20.5. The van der Waals surface area contributed by atoms with E-state index < -0.39 is 11.7 Å². The average molecular weight is 410 g/mol. The summed E-state index contributed by atoms with van der Waals surface area (Å²) in [7, 11) is 0. The van der Waals surface area contributed by atoms with Gasteiger partial charge in [-0.1, -0.05) is 24.3 Å². The summed E-state index contributed by atoms with van der Waals surface area (Å²) in [5, 5.41) is 7.44. The van der Waals surface area contributed by atoms with Gasteiger partial charge >= 0.3 is 6.09 Å². The molecule has 1 aromatic carbocycles. The second-order valence-electron chi connectivity index (χ2n) is 7.26. The fraction of sp³-hybridized carbons (Fsp3) is 0.238. The molecule has 0 spiro atoms. The molecule has 8 heteroatoms. The Balaban J connectivity index is 1.61. The molecular weight excluding hydrogens is 388 g/mol. The Morgan fingerprint density at radius 3 is 2.59 bits per heavy atom. The first-order valence-electron chi connectivity index (χ1n) is 9.03. The maximum Gasteiger partial charge on any atom is 0.408 e. The lowest BCUT2D eigenvalue weighted by atomic mass is 10.0. The monoisotopic (exact) mass is 410 g/mol. The van der Waals surface area contributed by atoms with E-state index in [0.29, 0.717) is 5.13 Å². The van der Waals surface area contributed by atoms with Gasteiger partial charge in [0.05, 0.1) is 5.69 Å². The maximum absolute atomic E-state index is 12.0. The van der Waals surface area contributed by atoms with Gasteiger partial charge in [0, 0.05) is 28.9 Å². The number of ether oxygens (including phenoxy) is 1. The zero-order chi connectivity index (χ0) is 20.9. The lowest BCUT2D eigenvalue weighted by molar-refractivity contribution is -0.115. The van der Waals surface area contributed by atoms with Gasteiger partial charge in [0.1, 0.15) is 12.1 Å².